The molecule has 0 aliphatic carbocycles. The molecular weight excluding hydrogens is 351 g/mol. The van der Waals surface area contributed by atoms with Gasteiger partial charge in [-0.25, -0.2) is 18.6 Å². The average molecular weight is 372 g/mol. The van der Waals surface area contributed by atoms with Crippen molar-refractivity contribution in [2.75, 3.05) is 17.8 Å². The quantitative estimate of drug-likeness (QED) is 0.726. The lowest BCUT2D eigenvalue weighted by Crippen LogP contribution is -2.09. The van der Waals surface area contributed by atoms with Gasteiger partial charge in [-0.1, -0.05) is 12.1 Å². The van der Waals surface area contributed by atoms with Gasteiger partial charge in [0, 0.05) is 33.7 Å². The first-order chi connectivity index (χ1) is 12.2. The number of aryl methyl sites for hydroxylation is 1. The molecule has 5 nitrogen and oxygen atoms in total. The van der Waals surface area contributed by atoms with Crippen LogP contribution in [0.15, 0.2) is 46.8 Å². The highest BCUT2D eigenvalue weighted by molar-refractivity contribution is 7.92. The fourth-order valence-corrected chi connectivity index (χ4v) is 3.31. The van der Waals surface area contributed by atoms with Crippen molar-refractivity contribution in [1.82, 2.24) is 9.97 Å². The Morgan fingerprint density at radius 3 is 2.46 bits per heavy atom. The molecule has 1 atom stereocenters. The van der Waals surface area contributed by atoms with Crippen LogP contribution in [0.25, 0.3) is 10.9 Å². The van der Waals surface area contributed by atoms with Crippen LogP contribution in [0, 0.1) is 12.7 Å². The molecular formula is C19H21FN4OS. The lowest BCUT2D eigenvalue weighted by Gasteiger charge is -2.17. The second-order valence-corrected chi connectivity index (χ2v) is 9.06. The van der Waals surface area contributed by atoms with Crippen molar-refractivity contribution in [3.05, 3.63) is 59.7 Å². The lowest BCUT2D eigenvalue weighted by molar-refractivity contribution is 0.626. The molecule has 1 heterocycles. The molecule has 0 aliphatic rings. The molecule has 26 heavy (non-hydrogen) atoms. The summed E-state index contributed by atoms with van der Waals surface area (Å²) in [6, 6.07) is 11.8. The van der Waals surface area contributed by atoms with Gasteiger partial charge >= 0.3 is 0 Å². The van der Waals surface area contributed by atoms with Crippen molar-refractivity contribution >= 4 is 32.1 Å². The zero-order valence-electron chi connectivity index (χ0n) is 15.2. The van der Waals surface area contributed by atoms with Crippen LogP contribution in [0.2, 0.25) is 0 Å². The van der Waals surface area contributed by atoms with E-state index < -0.39 is 9.73 Å². The fourth-order valence-electron chi connectivity index (χ4n) is 2.69. The van der Waals surface area contributed by atoms with E-state index in [0.717, 1.165) is 16.5 Å². The molecule has 0 fully saturated rings. The number of nitrogens with zero attached hydrogens (tertiary/aromatic N) is 3. The smallest absolute Gasteiger partial charge is 0.138 e. The zero-order chi connectivity index (χ0) is 18.9. The molecule has 0 bridgehead atoms. The maximum absolute atomic E-state index is 13.1. The minimum absolute atomic E-state index is 0.0738. The standard InChI is InChI=1S/C19H21FN4OS/c1-12(14-5-7-15(20)8-6-14)21-19-17-11-16(24-26(3,4)25)9-10-18(17)22-13(2)23-19/h5-12H,1-4H3,(H,21,22,23)/t12-/m1/s1. The third-order valence-corrected chi connectivity index (χ3v) is 4.49. The molecule has 0 saturated heterocycles. The van der Waals surface area contributed by atoms with Crippen LogP contribution in [0.1, 0.15) is 24.4 Å². The van der Waals surface area contributed by atoms with E-state index in [1.807, 2.05) is 26.0 Å². The molecule has 0 aliphatic heterocycles. The zero-order valence-corrected chi connectivity index (χ0v) is 16.0. The van der Waals surface area contributed by atoms with Crippen LogP contribution in [-0.4, -0.2) is 26.7 Å². The number of hydrogen-bond acceptors (Lipinski definition) is 5. The van der Waals surface area contributed by atoms with E-state index in [9.17, 15) is 8.60 Å². The molecule has 0 saturated carbocycles. The lowest BCUT2D eigenvalue weighted by atomic mass is 10.1. The number of fused-ring (bicyclic) bond motifs is 1. The van der Waals surface area contributed by atoms with Gasteiger partial charge in [-0.15, -0.1) is 0 Å². The summed E-state index contributed by atoms with van der Waals surface area (Å²) in [5, 5.41) is 4.17. The minimum Gasteiger partial charge on any atom is -0.363 e. The van der Waals surface area contributed by atoms with E-state index in [1.165, 1.54) is 12.1 Å². The first-order valence-electron chi connectivity index (χ1n) is 8.19. The monoisotopic (exact) mass is 372 g/mol. The van der Waals surface area contributed by atoms with Gasteiger partial charge in [-0.2, -0.15) is 4.36 Å². The average Bonchev–Trinajstić information content (AvgIpc) is 2.54. The molecule has 3 aromatic rings. The second-order valence-electron chi connectivity index (χ2n) is 6.51. The summed E-state index contributed by atoms with van der Waals surface area (Å²) in [6.07, 6.45) is 3.19. The van der Waals surface area contributed by atoms with Gasteiger partial charge in [-0.3, -0.25) is 0 Å². The van der Waals surface area contributed by atoms with Crippen LogP contribution in [0.3, 0.4) is 0 Å². The third-order valence-electron chi connectivity index (χ3n) is 3.84. The number of hydrogen-bond donors (Lipinski definition) is 1. The van der Waals surface area contributed by atoms with Crippen molar-refractivity contribution in [2.24, 2.45) is 4.36 Å². The fraction of sp³-hybridized carbons (Fsp3) is 0.263. The maximum Gasteiger partial charge on any atom is 0.138 e. The van der Waals surface area contributed by atoms with E-state index in [4.69, 9.17) is 0 Å². The van der Waals surface area contributed by atoms with Crippen molar-refractivity contribution in [3.8, 4) is 0 Å². The molecule has 0 spiro atoms. The molecule has 7 heteroatoms. The first kappa shape index (κ1) is 18.3. The molecule has 0 amide bonds. The Morgan fingerprint density at radius 1 is 1.12 bits per heavy atom. The maximum atomic E-state index is 13.1. The summed E-state index contributed by atoms with van der Waals surface area (Å²) < 4.78 is 29.4. The van der Waals surface area contributed by atoms with Crippen LogP contribution >= 0.6 is 0 Å². The van der Waals surface area contributed by atoms with E-state index in [-0.39, 0.29) is 11.9 Å². The van der Waals surface area contributed by atoms with E-state index >= 15 is 0 Å². The Kier molecular flexibility index (Phi) is 4.91. The van der Waals surface area contributed by atoms with Crippen LogP contribution in [-0.2, 0) is 9.73 Å². The van der Waals surface area contributed by atoms with Crippen LogP contribution in [0.4, 0.5) is 15.9 Å². The van der Waals surface area contributed by atoms with Gasteiger partial charge in [-0.05, 0) is 49.7 Å². The Bertz CT molecular complexity index is 1060. The van der Waals surface area contributed by atoms with Gasteiger partial charge < -0.3 is 5.32 Å². The Hall–Kier alpha value is -2.54. The summed E-state index contributed by atoms with van der Waals surface area (Å²) >= 11 is 0. The molecule has 1 aromatic heterocycles. The van der Waals surface area contributed by atoms with Crippen molar-refractivity contribution in [3.63, 3.8) is 0 Å². The number of benzene rings is 2. The van der Waals surface area contributed by atoms with Gasteiger partial charge in [0.25, 0.3) is 0 Å². The van der Waals surface area contributed by atoms with Gasteiger partial charge in [0.15, 0.2) is 0 Å². The number of nitrogens with one attached hydrogen (secondary N) is 1. The number of rotatable bonds is 4. The predicted octanol–water partition coefficient (Wildman–Crippen LogP) is 4.61. The van der Waals surface area contributed by atoms with Crippen molar-refractivity contribution < 1.29 is 8.60 Å². The predicted molar refractivity (Wildman–Crippen MR) is 105 cm³/mol. The summed E-state index contributed by atoms with van der Waals surface area (Å²) in [4.78, 5) is 8.96. The summed E-state index contributed by atoms with van der Waals surface area (Å²) in [5.74, 6) is 1.05. The number of halogens is 1. The SMILES string of the molecule is Cc1nc(N[C@H](C)c2ccc(F)cc2)c2cc(N=S(C)(C)=O)ccc2n1. The van der Waals surface area contributed by atoms with E-state index in [2.05, 4.69) is 19.6 Å². The highest BCUT2D eigenvalue weighted by Gasteiger charge is 2.12. The Balaban J connectivity index is 2.04. The second kappa shape index (κ2) is 6.99. The highest BCUT2D eigenvalue weighted by Crippen LogP contribution is 2.28. The van der Waals surface area contributed by atoms with Crippen LogP contribution in [0.5, 0.6) is 0 Å². The topological polar surface area (TPSA) is 67.2 Å². The van der Waals surface area contributed by atoms with Gasteiger partial charge in [0.2, 0.25) is 0 Å². The van der Waals surface area contributed by atoms with Crippen molar-refractivity contribution in [2.45, 2.75) is 19.9 Å². The van der Waals surface area contributed by atoms with Gasteiger partial charge in [0.1, 0.15) is 17.5 Å². The summed E-state index contributed by atoms with van der Waals surface area (Å²) in [5.41, 5.74) is 2.35. The molecule has 0 unspecified atom stereocenters. The Morgan fingerprint density at radius 2 is 1.81 bits per heavy atom. The van der Waals surface area contributed by atoms with E-state index in [1.54, 1.807) is 30.7 Å². The normalized spacial score (nSPS) is 12.8. The summed E-state index contributed by atoms with van der Waals surface area (Å²) in [6.45, 7) is 3.81. The first-order valence-corrected chi connectivity index (χ1v) is 10.5. The van der Waals surface area contributed by atoms with Crippen molar-refractivity contribution in [1.29, 1.82) is 0 Å². The molecule has 0 radical (unpaired) electrons. The molecule has 2 aromatic carbocycles. The summed E-state index contributed by atoms with van der Waals surface area (Å²) in [7, 11) is -2.26. The minimum atomic E-state index is -2.26. The number of anilines is 1. The Labute approximate surface area is 152 Å². The van der Waals surface area contributed by atoms with E-state index in [0.29, 0.717) is 17.3 Å². The van der Waals surface area contributed by atoms with Gasteiger partial charge in [0.05, 0.1) is 11.2 Å². The largest absolute Gasteiger partial charge is 0.363 e. The van der Waals surface area contributed by atoms with Crippen LogP contribution < -0.4 is 5.32 Å². The number of aromatic nitrogens is 2. The highest BCUT2D eigenvalue weighted by atomic mass is 32.2. The molecule has 136 valence electrons. The molecule has 1 N–H and O–H groups in total. The third kappa shape index (κ3) is 4.35. The molecule has 3 rings (SSSR count).